The van der Waals surface area contributed by atoms with Gasteiger partial charge in [0.15, 0.2) is 0 Å². The first-order valence-electron chi connectivity index (χ1n) is 8.30. The third kappa shape index (κ3) is 2.49. The minimum absolute atomic E-state index is 0.0287. The van der Waals surface area contributed by atoms with Crippen LogP contribution in [0.25, 0.3) is 21.9 Å². The first kappa shape index (κ1) is 16.6. The summed E-state index contributed by atoms with van der Waals surface area (Å²) in [7, 11) is 5.52. The van der Waals surface area contributed by atoms with Crippen LogP contribution in [0.2, 0.25) is 0 Å². The molecule has 3 aromatic rings. The van der Waals surface area contributed by atoms with Crippen molar-refractivity contribution < 1.29 is 9.53 Å². The zero-order valence-electron chi connectivity index (χ0n) is 15.0. The number of nitrogens with zero attached hydrogens (tertiary/aromatic N) is 3. The van der Waals surface area contributed by atoms with Crippen LogP contribution in [0, 0.1) is 0 Å². The maximum Gasteiger partial charge on any atom is 0.270 e. The van der Waals surface area contributed by atoms with Crippen molar-refractivity contribution in [1.29, 1.82) is 0 Å². The molecule has 5 heteroatoms. The molecule has 3 rings (SSSR count). The molecular formula is C19H25N3O2. The molecule has 1 amide bonds. The van der Waals surface area contributed by atoms with Crippen LogP contribution in [0.4, 0.5) is 0 Å². The molecule has 0 unspecified atom stereocenters. The fourth-order valence-electron chi connectivity index (χ4n) is 3.36. The molecule has 0 N–H and O–H groups in total. The summed E-state index contributed by atoms with van der Waals surface area (Å²) in [6.45, 7) is 5.35. The van der Waals surface area contributed by atoms with Crippen molar-refractivity contribution in [3.8, 4) is 0 Å². The number of carbonyl (C=O) groups is 1. The second-order valence-corrected chi connectivity index (χ2v) is 6.52. The fourth-order valence-corrected chi connectivity index (χ4v) is 3.36. The van der Waals surface area contributed by atoms with E-state index in [2.05, 4.69) is 42.2 Å². The molecule has 0 atom stereocenters. The number of aryl methyl sites for hydroxylation is 1. The van der Waals surface area contributed by atoms with Crippen molar-refractivity contribution in [1.82, 2.24) is 14.0 Å². The molecule has 0 saturated carbocycles. The summed E-state index contributed by atoms with van der Waals surface area (Å²) in [5.41, 5.74) is 4.14. The number of para-hydroxylation sites is 1. The number of methoxy groups -OCH3 is 1. The highest BCUT2D eigenvalue weighted by atomic mass is 16.5. The molecule has 0 radical (unpaired) electrons. The summed E-state index contributed by atoms with van der Waals surface area (Å²) in [6.07, 6.45) is 0. The van der Waals surface area contributed by atoms with Gasteiger partial charge in [0, 0.05) is 39.2 Å². The van der Waals surface area contributed by atoms with Crippen molar-refractivity contribution in [2.24, 2.45) is 7.05 Å². The number of ether oxygens (including phenoxy) is 1. The largest absolute Gasteiger partial charge is 0.383 e. The van der Waals surface area contributed by atoms with Gasteiger partial charge < -0.3 is 18.8 Å². The number of likely N-dealkylation sites (N-methyl/N-ethyl adjacent to an activating group) is 1. The standard InChI is InChI=1S/C19H25N3O2/c1-13(2)22-17(19(23)20(3)10-11-24-5)12-16-18(22)14-8-6-7-9-15(14)21(16)4/h6-9,12-13H,10-11H2,1-5H3. The molecule has 0 aliphatic rings. The Morgan fingerprint density at radius 1 is 1.25 bits per heavy atom. The normalized spacial score (nSPS) is 11.8. The van der Waals surface area contributed by atoms with Crippen molar-refractivity contribution >= 4 is 27.8 Å². The summed E-state index contributed by atoms with van der Waals surface area (Å²) in [5, 5.41) is 1.18. The molecule has 0 bridgehead atoms. The smallest absolute Gasteiger partial charge is 0.270 e. The van der Waals surface area contributed by atoms with Gasteiger partial charge in [0.05, 0.1) is 23.2 Å². The van der Waals surface area contributed by atoms with Crippen LogP contribution in [-0.4, -0.2) is 47.3 Å². The molecule has 0 spiro atoms. The third-order valence-corrected chi connectivity index (χ3v) is 4.61. The minimum atomic E-state index is 0.0287. The van der Waals surface area contributed by atoms with E-state index in [1.807, 2.05) is 25.2 Å². The van der Waals surface area contributed by atoms with E-state index in [4.69, 9.17) is 4.74 Å². The van der Waals surface area contributed by atoms with Crippen LogP contribution in [0.1, 0.15) is 30.4 Å². The lowest BCUT2D eigenvalue weighted by atomic mass is 10.2. The number of fused-ring (bicyclic) bond motifs is 3. The van der Waals surface area contributed by atoms with Crippen LogP contribution < -0.4 is 0 Å². The lowest BCUT2D eigenvalue weighted by Crippen LogP contribution is -2.31. The van der Waals surface area contributed by atoms with Gasteiger partial charge in [-0.3, -0.25) is 4.79 Å². The highest BCUT2D eigenvalue weighted by Crippen LogP contribution is 2.33. The summed E-state index contributed by atoms with van der Waals surface area (Å²) >= 11 is 0. The van der Waals surface area contributed by atoms with Crippen molar-refractivity contribution in [3.63, 3.8) is 0 Å². The van der Waals surface area contributed by atoms with E-state index in [9.17, 15) is 4.79 Å². The van der Waals surface area contributed by atoms with Crippen LogP contribution in [0.5, 0.6) is 0 Å². The molecule has 2 aromatic heterocycles. The summed E-state index contributed by atoms with van der Waals surface area (Å²) < 4.78 is 9.41. The van der Waals surface area contributed by atoms with Crippen molar-refractivity contribution in [2.75, 3.05) is 27.3 Å². The zero-order valence-corrected chi connectivity index (χ0v) is 15.0. The quantitative estimate of drug-likeness (QED) is 0.720. The lowest BCUT2D eigenvalue weighted by molar-refractivity contribution is 0.0733. The van der Waals surface area contributed by atoms with Gasteiger partial charge in [0.2, 0.25) is 0 Å². The van der Waals surface area contributed by atoms with E-state index in [0.29, 0.717) is 13.2 Å². The Morgan fingerprint density at radius 3 is 2.62 bits per heavy atom. The van der Waals surface area contributed by atoms with Gasteiger partial charge in [-0.05, 0) is 26.0 Å². The van der Waals surface area contributed by atoms with Crippen LogP contribution in [0.3, 0.4) is 0 Å². The van der Waals surface area contributed by atoms with E-state index in [0.717, 1.165) is 16.7 Å². The Hall–Kier alpha value is -2.27. The molecule has 0 aliphatic heterocycles. The number of amides is 1. The SMILES string of the molecule is COCCN(C)C(=O)c1cc2c(c3ccccc3n2C)n1C(C)C. The van der Waals surface area contributed by atoms with E-state index < -0.39 is 0 Å². The Bertz CT molecular complexity index is 889. The maximum absolute atomic E-state index is 12.9. The Balaban J connectivity index is 2.21. The molecule has 128 valence electrons. The van der Waals surface area contributed by atoms with Gasteiger partial charge in [0.25, 0.3) is 5.91 Å². The van der Waals surface area contributed by atoms with E-state index in [1.54, 1.807) is 12.0 Å². The average molecular weight is 327 g/mol. The van der Waals surface area contributed by atoms with Gasteiger partial charge in [0.1, 0.15) is 5.69 Å². The summed E-state index contributed by atoms with van der Waals surface area (Å²) in [5.74, 6) is 0.0287. The lowest BCUT2D eigenvalue weighted by Gasteiger charge is -2.20. The van der Waals surface area contributed by atoms with Gasteiger partial charge in [-0.15, -0.1) is 0 Å². The molecule has 1 aromatic carbocycles. The van der Waals surface area contributed by atoms with E-state index in [1.165, 1.54) is 10.9 Å². The maximum atomic E-state index is 12.9. The molecule has 0 aliphatic carbocycles. The number of rotatable bonds is 5. The van der Waals surface area contributed by atoms with E-state index >= 15 is 0 Å². The van der Waals surface area contributed by atoms with Gasteiger partial charge in [-0.1, -0.05) is 18.2 Å². The van der Waals surface area contributed by atoms with Crippen molar-refractivity contribution in [3.05, 3.63) is 36.0 Å². The van der Waals surface area contributed by atoms with E-state index in [-0.39, 0.29) is 11.9 Å². The molecule has 5 nitrogen and oxygen atoms in total. The Labute approximate surface area is 142 Å². The van der Waals surface area contributed by atoms with Gasteiger partial charge in [-0.25, -0.2) is 0 Å². The Kier molecular flexibility index (Phi) is 4.37. The summed E-state index contributed by atoms with van der Waals surface area (Å²) in [4.78, 5) is 14.7. The van der Waals surface area contributed by atoms with Crippen LogP contribution in [-0.2, 0) is 11.8 Å². The monoisotopic (exact) mass is 327 g/mol. The first-order valence-corrected chi connectivity index (χ1v) is 8.30. The fraction of sp³-hybridized carbons (Fsp3) is 0.421. The number of hydrogen-bond donors (Lipinski definition) is 0. The number of benzene rings is 1. The molecule has 24 heavy (non-hydrogen) atoms. The average Bonchev–Trinajstić information content (AvgIpc) is 3.09. The number of aromatic nitrogens is 2. The molecule has 2 heterocycles. The predicted octanol–water partition coefficient (Wildman–Crippen LogP) is 3.43. The van der Waals surface area contributed by atoms with Crippen LogP contribution >= 0.6 is 0 Å². The molecule has 0 saturated heterocycles. The molecular weight excluding hydrogens is 302 g/mol. The second kappa shape index (κ2) is 6.32. The highest BCUT2D eigenvalue weighted by molar-refractivity contribution is 6.10. The highest BCUT2D eigenvalue weighted by Gasteiger charge is 2.24. The topological polar surface area (TPSA) is 39.4 Å². The Morgan fingerprint density at radius 2 is 1.96 bits per heavy atom. The third-order valence-electron chi connectivity index (χ3n) is 4.61. The first-order chi connectivity index (χ1) is 11.5. The number of carbonyl (C=O) groups excluding carboxylic acids is 1. The predicted molar refractivity (Wildman–Crippen MR) is 97.6 cm³/mol. The summed E-state index contributed by atoms with van der Waals surface area (Å²) in [6, 6.07) is 10.5. The number of hydrogen-bond acceptors (Lipinski definition) is 2. The minimum Gasteiger partial charge on any atom is -0.383 e. The van der Waals surface area contributed by atoms with Gasteiger partial charge in [-0.2, -0.15) is 0 Å². The van der Waals surface area contributed by atoms with Gasteiger partial charge >= 0.3 is 0 Å². The zero-order chi connectivity index (χ0) is 17.4. The van der Waals surface area contributed by atoms with Crippen LogP contribution in [0.15, 0.2) is 30.3 Å². The molecule has 0 fully saturated rings. The second-order valence-electron chi connectivity index (χ2n) is 6.52. The van der Waals surface area contributed by atoms with Crippen molar-refractivity contribution in [2.45, 2.75) is 19.9 Å².